The van der Waals surface area contributed by atoms with Crippen molar-refractivity contribution in [2.24, 2.45) is 28.6 Å². The average Bonchev–Trinajstić information content (AvgIpc) is 3.09. The third kappa shape index (κ3) is 3.81. The van der Waals surface area contributed by atoms with E-state index in [9.17, 15) is 37.6 Å². The Morgan fingerprint density at radius 3 is 2.58 bits per heavy atom. The molecule has 5 rings (SSSR count). The van der Waals surface area contributed by atoms with Crippen molar-refractivity contribution < 1.29 is 46.7 Å². The van der Waals surface area contributed by atoms with Crippen molar-refractivity contribution in [1.82, 2.24) is 0 Å². The Morgan fingerprint density at radius 1 is 1.20 bits per heavy atom. The summed E-state index contributed by atoms with van der Waals surface area (Å²) in [5.41, 5.74) is -6.17. The smallest absolute Gasteiger partial charge is 0.338 e. The number of fused-ring (bicyclic) bond motifs is 5. The molecule has 3 N–H and O–H groups in total. The number of aliphatic hydroxyl groups excluding tert-OH is 1. The number of carbonyl (C=O) groups excluding carboxylic acids is 3. The monoisotopic (exact) mass is 576 g/mol. The van der Waals surface area contributed by atoms with Crippen molar-refractivity contribution in [3.63, 3.8) is 0 Å². The lowest BCUT2D eigenvalue weighted by Gasteiger charge is -2.62. The molecule has 0 aromatic heterocycles. The molecule has 4 aliphatic carbocycles. The molecule has 0 saturated heterocycles. The Balaban J connectivity index is 1.41. The number of hydrogen-bond donors (Lipinski definition) is 3. The highest BCUT2D eigenvalue weighted by atomic mass is 32.2. The number of esters is 1. The van der Waals surface area contributed by atoms with Gasteiger partial charge in [0.2, 0.25) is 5.78 Å². The van der Waals surface area contributed by atoms with Crippen LogP contribution in [0.4, 0.5) is 4.39 Å². The number of hydrogen-bond acceptors (Lipinski definition) is 8. The van der Waals surface area contributed by atoms with E-state index in [0.29, 0.717) is 24.8 Å². The number of ketones is 2. The molecule has 40 heavy (non-hydrogen) atoms. The zero-order valence-corrected chi connectivity index (χ0v) is 23.3. The fourth-order valence-electron chi connectivity index (χ4n) is 8.25. The Morgan fingerprint density at radius 2 is 1.90 bits per heavy atom. The molecule has 3 fully saturated rings. The maximum absolute atomic E-state index is 17.3. The van der Waals surface area contributed by atoms with Crippen LogP contribution in [0.1, 0.15) is 56.8 Å². The number of benzene rings is 1. The summed E-state index contributed by atoms with van der Waals surface area (Å²) >= 11 is 0. The molecule has 216 valence electrons. The van der Waals surface area contributed by atoms with Crippen LogP contribution in [0.15, 0.2) is 53.0 Å². The predicted octanol–water partition coefficient (Wildman–Crippen LogP) is 3.01. The molecule has 0 bridgehead atoms. The molecule has 1 aromatic carbocycles. The minimum absolute atomic E-state index is 0.216. The summed E-state index contributed by atoms with van der Waals surface area (Å²) in [5, 5.41) is 23.4. The Labute approximate surface area is 231 Å². The van der Waals surface area contributed by atoms with Gasteiger partial charge in [0, 0.05) is 16.7 Å². The summed E-state index contributed by atoms with van der Waals surface area (Å²) in [7, 11) is -4.57. The minimum Gasteiger partial charge on any atom is -0.454 e. The van der Waals surface area contributed by atoms with E-state index in [1.807, 2.05) is 0 Å². The summed E-state index contributed by atoms with van der Waals surface area (Å²) in [6.45, 7) is 4.22. The molecule has 8 atom stereocenters. The summed E-state index contributed by atoms with van der Waals surface area (Å²) in [4.78, 5) is 37.7. The fourth-order valence-corrected chi connectivity index (χ4v) is 8.77. The van der Waals surface area contributed by atoms with E-state index in [4.69, 9.17) is 4.74 Å². The van der Waals surface area contributed by atoms with Gasteiger partial charge in [0.15, 0.2) is 18.1 Å². The quantitative estimate of drug-likeness (QED) is 0.354. The van der Waals surface area contributed by atoms with Crippen LogP contribution in [0.5, 0.6) is 0 Å². The number of allylic oxidation sites excluding steroid dienone is 4. The van der Waals surface area contributed by atoms with Crippen LogP contribution < -0.4 is 0 Å². The highest BCUT2D eigenvalue weighted by Gasteiger charge is 2.75. The first-order valence-electron chi connectivity index (χ1n) is 13.3. The van der Waals surface area contributed by atoms with Crippen molar-refractivity contribution in [2.75, 3.05) is 6.61 Å². The third-order valence-electron chi connectivity index (χ3n) is 10.3. The van der Waals surface area contributed by atoms with Crippen LogP contribution in [0.2, 0.25) is 0 Å². The van der Waals surface area contributed by atoms with Crippen molar-refractivity contribution >= 4 is 27.7 Å². The van der Waals surface area contributed by atoms with Crippen LogP contribution in [-0.2, 0) is 24.4 Å². The maximum Gasteiger partial charge on any atom is 0.338 e. The number of carbonyl (C=O) groups is 3. The first-order valence-corrected chi connectivity index (χ1v) is 14.8. The molecule has 0 radical (unpaired) electrons. The van der Waals surface area contributed by atoms with E-state index in [0.717, 1.165) is 12.1 Å². The molecule has 0 unspecified atom stereocenters. The van der Waals surface area contributed by atoms with Crippen molar-refractivity contribution in [3.05, 3.63) is 53.6 Å². The standard InChI is InChI=1S/C29H33FO9S/c1-16-11-22-21-8-7-18-13-19(31)9-10-26(18,2)28(21,30)23(32)14-27(22,3)29(16,35)24(33)15-39-25(34)17-5-4-6-20(12-17)40(36,37)38/h4-6,9-10,12-13,16,21-23,32,35H,7-8,11,14-15H2,1-3H3,(H,36,37,38)/t16-,21+,22+,23-,26-,27+,28+,29+/m0/s1. The van der Waals surface area contributed by atoms with Crippen molar-refractivity contribution in [1.29, 1.82) is 0 Å². The van der Waals surface area contributed by atoms with Gasteiger partial charge in [-0.1, -0.05) is 31.6 Å². The summed E-state index contributed by atoms with van der Waals surface area (Å²) in [6, 6.07) is 4.48. The molecular weight excluding hydrogens is 543 g/mol. The molecule has 4 aliphatic rings. The zero-order chi connectivity index (χ0) is 29.5. The van der Waals surface area contributed by atoms with E-state index in [2.05, 4.69) is 0 Å². The van der Waals surface area contributed by atoms with E-state index < -0.39 is 79.3 Å². The zero-order valence-electron chi connectivity index (χ0n) is 22.5. The summed E-state index contributed by atoms with van der Waals surface area (Å²) < 4.78 is 54.4. The SMILES string of the molecule is C[C@H]1C[C@@H]2[C@H]3CCC4=CC(=O)C=C[C@]4(C)[C@]3(F)[C@@H](O)C[C@@]2(C)[C@]1(O)C(=O)COC(=O)c1cccc(S(=O)(=O)O)c1. The third-order valence-corrected chi connectivity index (χ3v) is 11.2. The molecular formula is C29H33FO9S. The number of halogens is 1. The number of Topliss-reactive ketones (excluding diaryl/α,β-unsaturated/α-hetero) is 1. The lowest BCUT2D eigenvalue weighted by atomic mass is 9.44. The summed E-state index contributed by atoms with van der Waals surface area (Å²) in [6.07, 6.45) is 3.64. The van der Waals surface area contributed by atoms with E-state index in [1.54, 1.807) is 20.8 Å². The molecule has 0 heterocycles. The number of aliphatic hydroxyl groups is 2. The molecule has 0 spiro atoms. The predicted molar refractivity (Wildman–Crippen MR) is 139 cm³/mol. The van der Waals surface area contributed by atoms with Crippen LogP contribution in [0, 0.1) is 28.6 Å². The Hall–Kier alpha value is -2.73. The minimum atomic E-state index is -4.57. The summed E-state index contributed by atoms with van der Waals surface area (Å²) in [5.74, 6) is -3.86. The van der Waals surface area contributed by atoms with Crippen LogP contribution >= 0.6 is 0 Å². The van der Waals surface area contributed by atoms with Crippen molar-refractivity contribution in [3.8, 4) is 0 Å². The molecule has 0 aliphatic heterocycles. The van der Waals surface area contributed by atoms with Crippen LogP contribution in [0.25, 0.3) is 0 Å². The molecule has 0 amide bonds. The van der Waals surface area contributed by atoms with E-state index >= 15 is 4.39 Å². The molecule has 11 heteroatoms. The van der Waals surface area contributed by atoms with Crippen LogP contribution in [0.3, 0.4) is 0 Å². The van der Waals surface area contributed by atoms with Gasteiger partial charge in [0.25, 0.3) is 10.1 Å². The Kier molecular flexibility index (Phi) is 6.58. The molecule has 3 saturated carbocycles. The largest absolute Gasteiger partial charge is 0.454 e. The number of alkyl halides is 1. The van der Waals surface area contributed by atoms with Gasteiger partial charge < -0.3 is 14.9 Å². The first kappa shape index (κ1) is 28.8. The van der Waals surface area contributed by atoms with E-state index in [1.165, 1.54) is 30.4 Å². The lowest BCUT2D eigenvalue weighted by molar-refractivity contribution is -0.219. The van der Waals surface area contributed by atoms with Gasteiger partial charge in [-0.25, -0.2) is 9.18 Å². The molecule has 1 aromatic rings. The first-order chi connectivity index (χ1) is 18.5. The second-order valence-corrected chi connectivity index (χ2v) is 13.6. The number of ether oxygens (including phenoxy) is 1. The topological polar surface area (TPSA) is 155 Å². The Bertz CT molecular complexity index is 1470. The van der Waals surface area contributed by atoms with Crippen LogP contribution in [-0.4, -0.2) is 64.7 Å². The second kappa shape index (κ2) is 9.14. The lowest BCUT2D eigenvalue weighted by Crippen LogP contribution is -2.69. The van der Waals surface area contributed by atoms with Gasteiger partial charge >= 0.3 is 5.97 Å². The molecule has 9 nitrogen and oxygen atoms in total. The van der Waals surface area contributed by atoms with Gasteiger partial charge in [0.1, 0.15) is 5.60 Å². The van der Waals surface area contributed by atoms with Gasteiger partial charge in [0.05, 0.1) is 16.6 Å². The number of rotatable bonds is 5. The van der Waals surface area contributed by atoms with Gasteiger partial charge in [-0.3, -0.25) is 14.1 Å². The fraction of sp³-hybridized carbons (Fsp3) is 0.552. The average molecular weight is 577 g/mol. The van der Waals surface area contributed by atoms with Gasteiger partial charge in [-0.2, -0.15) is 8.42 Å². The van der Waals surface area contributed by atoms with Crippen molar-refractivity contribution in [2.45, 2.75) is 68.7 Å². The highest BCUT2D eigenvalue weighted by molar-refractivity contribution is 7.85. The van der Waals surface area contributed by atoms with E-state index in [-0.39, 0.29) is 17.8 Å². The second-order valence-electron chi connectivity index (χ2n) is 12.2. The normalized spacial score (nSPS) is 40.5. The highest BCUT2D eigenvalue weighted by Crippen LogP contribution is 2.70. The van der Waals surface area contributed by atoms with Gasteiger partial charge in [-0.05, 0) is 74.8 Å². The van der Waals surface area contributed by atoms with Gasteiger partial charge in [-0.15, -0.1) is 0 Å². The maximum atomic E-state index is 17.3.